The minimum Gasteiger partial charge on any atom is -0.469 e. The molecule has 0 fully saturated rings. The number of methoxy groups -OCH3 is 1. The van der Waals surface area contributed by atoms with Crippen LogP contribution in [0.15, 0.2) is 22.8 Å². The van der Waals surface area contributed by atoms with Crippen LogP contribution in [0.5, 0.6) is 0 Å². The molecule has 108 valence electrons. The number of nitrogens with one attached hydrogen (secondary N) is 1. The van der Waals surface area contributed by atoms with E-state index in [4.69, 9.17) is 4.63 Å². The number of ether oxygens (including phenoxy) is 1. The summed E-state index contributed by atoms with van der Waals surface area (Å²) in [5, 5.41) is 11.0. The highest BCUT2D eigenvalue weighted by Gasteiger charge is 2.05. The molecule has 0 unspecified atom stereocenters. The molecule has 2 aromatic rings. The zero-order valence-corrected chi connectivity index (χ0v) is 11.6. The Labute approximate surface area is 117 Å². The summed E-state index contributed by atoms with van der Waals surface area (Å²) in [6, 6.07) is 5.75. The smallest absolute Gasteiger partial charge is 0.305 e. The van der Waals surface area contributed by atoms with Gasteiger partial charge in [0.15, 0.2) is 5.52 Å². The molecule has 0 aliphatic heterocycles. The number of rotatable bonds is 8. The molecule has 1 N–H and O–H groups in total. The first kappa shape index (κ1) is 14.3. The third-order valence-electron chi connectivity index (χ3n) is 3.14. The number of anilines is 1. The van der Waals surface area contributed by atoms with E-state index >= 15 is 0 Å². The van der Waals surface area contributed by atoms with E-state index in [1.807, 2.05) is 18.2 Å². The number of hydrogen-bond donors (Lipinski definition) is 1. The predicted octanol–water partition coefficient (Wildman–Crippen LogP) is 2.76. The molecule has 0 saturated heterocycles. The number of aromatic nitrogens is 2. The first-order valence-corrected chi connectivity index (χ1v) is 6.83. The van der Waals surface area contributed by atoms with E-state index in [9.17, 15) is 4.79 Å². The van der Waals surface area contributed by atoms with Gasteiger partial charge >= 0.3 is 5.97 Å². The summed E-state index contributed by atoms with van der Waals surface area (Å²) in [6.07, 6.45) is 4.55. The zero-order valence-electron chi connectivity index (χ0n) is 11.6. The Morgan fingerprint density at radius 2 is 2.10 bits per heavy atom. The van der Waals surface area contributed by atoms with Gasteiger partial charge in [0, 0.05) is 13.0 Å². The van der Waals surface area contributed by atoms with Crippen molar-refractivity contribution in [3.05, 3.63) is 18.2 Å². The van der Waals surface area contributed by atoms with Gasteiger partial charge in [0.25, 0.3) is 0 Å². The van der Waals surface area contributed by atoms with Crippen molar-refractivity contribution in [3.8, 4) is 0 Å². The zero-order chi connectivity index (χ0) is 14.2. The van der Waals surface area contributed by atoms with Crippen molar-refractivity contribution < 1.29 is 14.2 Å². The Morgan fingerprint density at radius 1 is 1.25 bits per heavy atom. The molecule has 1 heterocycles. The molecule has 0 aliphatic rings. The molecular weight excluding hydrogens is 258 g/mol. The standard InChI is InChI=1S/C14H19N3O3/c1-19-13(18)9-4-2-3-5-10-15-11-7-6-8-12-14(11)17-20-16-12/h6-8,15H,2-5,9-10H2,1H3. The van der Waals surface area contributed by atoms with E-state index in [0.29, 0.717) is 6.42 Å². The maximum absolute atomic E-state index is 10.9. The fourth-order valence-corrected chi connectivity index (χ4v) is 2.02. The van der Waals surface area contributed by atoms with Crippen LogP contribution in [0, 0.1) is 0 Å². The van der Waals surface area contributed by atoms with Gasteiger partial charge in [0.05, 0.1) is 12.8 Å². The van der Waals surface area contributed by atoms with E-state index < -0.39 is 0 Å². The minimum atomic E-state index is -0.131. The van der Waals surface area contributed by atoms with Gasteiger partial charge in [-0.1, -0.05) is 18.9 Å². The van der Waals surface area contributed by atoms with Gasteiger partial charge in [-0.25, -0.2) is 4.63 Å². The summed E-state index contributed by atoms with van der Waals surface area (Å²) in [5.41, 5.74) is 2.46. The Kier molecular flexibility index (Phi) is 5.34. The minimum absolute atomic E-state index is 0.131. The van der Waals surface area contributed by atoms with Crippen molar-refractivity contribution in [3.63, 3.8) is 0 Å². The van der Waals surface area contributed by atoms with Crippen molar-refractivity contribution in [2.75, 3.05) is 19.0 Å². The molecule has 1 aromatic heterocycles. The summed E-state index contributed by atoms with van der Waals surface area (Å²) in [7, 11) is 1.42. The van der Waals surface area contributed by atoms with Crippen LogP contribution in [0.4, 0.5) is 5.69 Å². The lowest BCUT2D eigenvalue weighted by molar-refractivity contribution is -0.140. The molecule has 0 amide bonds. The molecule has 0 radical (unpaired) electrons. The van der Waals surface area contributed by atoms with Crippen molar-refractivity contribution >= 4 is 22.7 Å². The number of unbranched alkanes of at least 4 members (excludes halogenated alkanes) is 3. The average Bonchev–Trinajstić information content (AvgIpc) is 2.95. The lowest BCUT2D eigenvalue weighted by atomic mass is 10.1. The van der Waals surface area contributed by atoms with Gasteiger partial charge in [-0.3, -0.25) is 4.79 Å². The Morgan fingerprint density at radius 3 is 2.95 bits per heavy atom. The van der Waals surface area contributed by atoms with Gasteiger partial charge in [0.1, 0.15) is 5.52 Å². The van der Waals surface area contributed by atoms with Crippen LogP contribution in [0.2, 0.25) is 0 Å². The summed E-state index contributed by atoms with van der Waals surface area (Å²) in [4.78, 5) is 10.9. The van der Waals surface area contributed by atoms with Crippen molar-refractivity contribution in [1.29, 1.82) is 0 Å². The molecule has 0 bridgehead atoms. The highest BCUT2D eigenvalue weighted by molar-refractivity contribution is 5.86. The van der Waals surface area contributed by atoms with E-state index in [1.54, 1.807) is 0 Å². The van der Waals surface area contributed by atoms with Gasteiger partial charge in [-0.2, -0.15) is 0 Å². The molecule has 0 saturated carbocycles. The van der Waals surface area contributed by atoms with E-state index in [1.165, 1.54) is 7.11 Å². The van der Waals surface area contributed by atoms with Gasteiger partial charge in [-0.05, 0) is 35.3 Å². The Balaban J connectivity index is 1.64. The third-order valence-corrected chi connectivity index (χ3v) is 3.14. The number of esters is 1. The number of carbonyl (C=O) groups excluding carboxylic acids is 1. The van der Waals surface area contributed by atoms with Crippen LogP contribution in [0.25, 0.3) is 11.0 Å². The SMILES string of the molecule is COC(=O)CCCCCCNc1cccc2nonc12. The summed E-state index contributed by atoms with van der Waals surface area (Å²) < 4.78 is 9.31. The van der Waals surface area contributed by atoms with Gasteiger partial charge in [-0.15, -0.1) is 0 Å². The van der Waals surface area contributed by atoms with Crippen LogP contribution in [0.1, 0.15) is 32.1 Å². The number of nitrogens with zero attached hydrogens (tertiary/aromatic N) is 2. The topological polar surface area (TPSA) is 77.2 Å². The van der Waals surface area contributed by atoms with Crippen LogP contribution < -0.4 is 5.32 Å². The number of benzene rings is 1. The largest absolute Gasteiger partial charge is 0.469 e. The molecule has 2 rings (SSSR count). The fraction of sp³-hybridized carbons (Fsp3) is 0.500. The molecule has 20 heavy (non-hydrogen) atoms. The first-order valence-electron chi connectivity index (χ1n) is 6.83. The summed E-state index contributed by atoms with van der Waals surface area (Å²) in [5.74, 6) is -0.131. The second kappa shape index (κ2) is 7.47. The normalized spacial score (nSPS) is 10.7. The second-order valence-electron chi connectivity index (χ2n) is 4.60. The lowest BCUT2D eigenvalue weighted by Crippen LogP contribution is -2.02. The van der Waals surface area contributed by atoms with Crippen LogP contribution in [-0.2, 0) is 9.53 Å². The number of carbonyl (C=O) groups is 1. The molecule has 0 aliphatic carbocycles. The van der Waals surface area contributed by atoms with Crippen LogP contribution in [0.3, 0.4) is 0 Å². The highest BCUT2D eigenvalue weighted by Crippen LogP contribution is 2.19. The molecule has 0 atom stereocenters. The van der Waals surface area contributed by atoms with E-state index in [0.717, 1.165) is 48.9 Å². The maximum Gasteiger partial charge on any atom is 0.305 e. The Bertz CT molecular complexity index is 553. The first-order chi connectivity index (χ1) is 9.81. The summed E-state index contributed by atoms with van der Waals surface area (Å²) >= 11 is 0. The van der Waals surface area contributed by atoms with E-state index in [2.05, 4.69) is 20.4 Å². The molecular formula is C14H19N3O3. The quantitative estimate of drug-likeness (QED) is 0.590. The van der Waals surface area contributed by atoms with Gasteiger partial charge in [0.2, 0.25) is 0 Å². The van der Waals surface area contributed by atoms with Crippen LogP contribution >= 0.6 is 0 Å². The highest BCUT2D eigenvalue weighted by atomic mass is 16.6. The van der Waals surface area contributed by atoms with E-state index in [-0.39, 0.29) is 5.97 Å². The van der Waals surface area contributed by atoms with Crippen molar-refractivity contribution in [1.82, 2.24) is 10.3 Å². The number of fused-ring (bicyclic) bond motifs is 1. The molecule has 6 nitrogen and oxygen atoms in total. The fourth-order valence-electron chi connectivity index (χ4n) is 2.02. The Hall–Kier alpha value is -2.11. The second-order valence-corrected chi connectivity index (χ2v) is 4.60. The van der Waals surface area contributed by atoms with Crippen molar-refractivity contribution in [2.45, 2.75) is 32.1 Å². The predicted molar refractivity (Wildman–Crippen MR) is 75.4 cm³/mol. The van der Waals surface area contributed by atoms with Crippen LogP contribution in [-0.4, -0.2) is 29.9 Å². The monoisotopic (exact) mass is 277 g/mol. The third kappa shape index (κ3) is 3.94. The molecule has 1 aromatic carbocycles. The summed E-state index contributed by atoms with van der Waals surface area (Å²) in [6.45, 7) is 0.865. The van der Waals surface area contributed by atoms with Gasteiger partial charge < -0.3 is 10.1 Å². The molecule has 6 heteroatoms. The number of hydrogen-bond acceptors (Lipinski definition) is 6. The lowest BCUT2D eigenvalue weighted by Gasteiger charge is -2.06. The average molecular weight is 277 g/mol. The molecule has 0 spiro atoms. The maximum atomic E-state index is 10.9. The van der Waals surface area contributed by atoms with Crippen molar-refractivity contribution in [2.24, 2.45) is 0 Å².